The normalized spacial score (nSPS) is 27.0. The van der Waals surface area contributed by atoms with E-state index in [0.29, 0.717) is 9.91 Å². The van der Waals surface area contributed by atoms with E-state index in [1.807, 2.05) is 6.92 Å². The van der Waals surface area contributed by atoms with Crippen LogP contribution in [0.1, 0.15) is 23.7 Å². The first kappa shape index (κ1) is 18.1. The number of rotatable bonds is 6. The lowest BCUT2D eigenvalue weighted by molar-refractivity contribution is -0.163. The van der Waals surface area contributed by atoms with Gasteiger partial charge in [-0.1, -0.05) is 18.7 Å². The number of aliphatic carboxylic acids is 1. The highest BCUT2D eigenvalue weighted by atomic mass is 32.2. The number of aliphatic hydroxyl groups is 2. The predicted molar refractivity (Wildman–Crippen MR) is 94.3 cm³/mol. The molecule has 134 valence electrons. The van der Waals surface area contributed by atoms with Crippen molar-refractivity contribution in [1.29, 1.82) is 0 Å². The van der Waals surface area contributed by atoms with Gasteiger partial charge in [0.1, 0.15) is 10.7 Å². The van der Waals surface area contributed by atoms with E-state index in [1.165, 1.54) is 28.0 Å². The Balaban J connectivity index is 1.81. The quantitative estimate of drug-likeness (QED) is 0.639. The molecule has 0 aliphatic carbocycles. The maximum atomic E-state index is 12.2. The second-order valence-electron chi connectivity index (χ2n) is 6.02. The van der Waals surface area contributed by atoms with E-state index < -0.39 is 18.0 Å². The third-order valence-corrected chi connectivity index (χ3v) is 6.48. The smallest absolute Gasteiger partial charge is 0.353 e. The molecule has 0 saturated carbocycles. The Bertz CT molecular complexity index is 770. The molecule has 25 heavy (non-hydrogen) atoms. The number of nitrogens with zero attached hydrogens (tertiary/aromatic N) is 2. The van der Waals surface area contributed by atoms with E-state index in [9.17, 15) is 19.8 Å². The first-order valence-corrected chi connectivity index (χ1v) is 9.43. The van der Waals surface area contributed by atoms with E-state index in [1.54, 1.807) is 24.6 Å². The van der Waals surface area contributed by atoms with Crippen molar-refractivity contribution in [3.63, 3.8) is 0 Å². The lowest BCUT2D eigenvalue weighted by atomic mass is 9.79. The van der Waals surface area contributed by atoms with Gasteiger partial charge in [-0.2, -0.15) is 0 Å². The number of carboxylic acid groups (broad SMARTS) is 1. The summed E-state index contributed by atoms with van der Waals surface area (Å²) in [6.07, 6.45) is 2.53. The summed E-state index contributed by atoms with van der Waals surface area (Å²) in [4.78, 5) is 30.7. The number of hydrogen-bond donors (Lipinski definition) is 3. The topological polar surface area (TPSA) is 111 Å². The van der Waals surface area contributed by atoms with Gasteiger partial charge in [0, 0.05) is 17.0 Å². The summed E-state index contributed by atoms with van der Waals surface area (Å²) in [6.45, 7) is 3.36. The Kier molecular flexibility index (Phi) is 5.01. The molecule has 2 aliphatic heterocycles. The van der Waals surface area contributed by atoms with Crippen molar-refractivity contribution in [2.75, 3.05) is 0 Å². The number of aliphatic hydroxyl groups excluding tert-OH is 2. The number of amides is 1. The zero-order valence-electron chi connectivity index (χ0n) is 13.6. The Morgan fingerprint density at radius 1 is 1.56 bits per heavy atom. The van der Waals surface area contributed by atoms with E-state index >= 15 is 0 Å². The lowest BCUT2D eigenvalue weighted by Gasteiger charge is -2.46. The number of carboxylic acids is 1. The Morgan fingerprint density at radius 3 is 2.84 bits per heavy atom. The van der Waals surface area contributed by atoms with Crippen molar-refractivity contribution in [3.05, 3.63) is 32.1 Å². The molecule has 7 nitrogen and oxygen atoms in total. The molecule has 1 amide bonds. The van der Waals surface area contributed by atoms with Crippen LogP contribution in [0, 0.1) is 11.8 Å². The molecule has 2 aliphatic rings. The van der Waals surface area contributed by atoms with Crippen molar-refractivity contribution >= 4 is 41.1 Å². The first-order valence-electron chi connectivity index (χ1n) is 7.74. The molecule has 0 aromatic carbocycles. The summed E-state index contributed by atoms with van der Waals surface area (Å²) in [5.74, 6) is -2.20. The fraction of sp³-hybridized carbons (Fsp3) is 0.438. The molecule has 1 fully saturated rings. The van der Waals surface area contributed by atoms with Crippen LogP contribution in [0.3, 0.4) is 0 Å². The second-order valence-corrected chi connectivity index (χ2v) is 8.11. The Labute approximate surface area is 152 Å². The third kappa shape index (κ3) is 3.01. The summed E-state index contributed by atoms with van der Waals surface area (Å²) >= 11 is 2.60. The fourth-order valence-corrected chi connectivity index (χ4v) is 5.08. The van der Waals surface area contributed by atoms with Crippen molar-refractivity contribution in [1.82, 2.24) is 9.88 Å². The zero-order chi connectivity index (χ0) is 18.3. The molecule has 4 atom stereocenters. The first-order chi connectivity index (χ1) is 11.9. The van der Waals surface area contributed by atoms with Crippen LogP contribution in [-0.4, -0.2) is 49.2 Å². The number of thioether (sulfide) groups is 1. The Hall–Kier alpha value is -1.68. The lowest BCUT2D eigenvalue weighted by Crippen LogP contribution is -2.63. The number of fused-ring (bicyclic) bond motifs is 1. The minimum atomic E-state index is -1.14. The average Bonchev–Trinajstić information content (AvgIpc) is 3.09. The maximum absolute atomic E-state index is 12.2. The van der Waals surface area contributed by atoms with Gasteiger partial charge in [-0.3, -0.25) is 4.79 Å². The van der Waals surface area contributed by atoms with Crippen molar-refractivity contribution in [3.8, 4) is 0 Å². The van der Waals surface area contributed by atoms with Gasteiger partial charge >= 0.3 is 5.97 Å². The van der Waals surface area contributed by atoms with E-state index in [4.69, 9.17) is 5.11 Å². The van der Waals surface area contributed by atoms with Gasteiger partial charge in [0.15, 0.2) is 0 Å². The summed E-state index contributed by atoms with van der Waals surface area (Å²) < 4.78 is 0. The average molecular weight is 382 g/mol. The highest BCUT2D eigenvalue weighted by Crippen LogP contribution is 2.50. The summed E-state index contributed by atoms with van der Waals surface area (Å²) in [7, 11) is 0. The molecule has 9 heteroatoms. The number of β-lactam (4-membered cyclic amide) rings is 1. The monoisotopic (exact) mass is 382 g/mol. The van der Waals surface area contributed by atoms with Crippen LogP contribution in [0.15, 0.2) is 22.2 Å². The predicted octanol–water partition coefficient (Wildman–Crippen LogP) is 1.49. The van der Waals surface area contributed by atoms with Crippen LogP contribution in [0.4, 0.5) is 0 Å². The van der Waals surface area contributed by atoms with Crippen molar-refractivity contribution < 1.29 is 24.9 Å². The van der Waals surface area contributed by atoms with Gasteiger partial charge in [0.2, 0.25) is 5.91 Å². The maximum Gasteiger partial charge on any atom is 0.353 e. The van der Waals surface area contributed by atoms with Gasteiger partial charge in [0.25, 0.3) is 0 Å². The molecule has 0 radical (unpaired) electrons. The Morgan fingerprint density at radius 2 is 2.28 bits per heavy atom. The van der Waals surface area contributed by atoms with Gasteiger partial charge in [-0.05, 0) is 18.4 Å². The molecule has 3 rings (SSSR count). The van der Waals surface area contributed by atoms with Gasteiger partial charge in [0.05, 0.1) is 29.5 Å². The van der Waals surface area contributed by atoms with Gasteiger partial charge < -0.3 is 20.2 Å². The van der Waals surface area contributed by atoms with E-state index in [0.717, 1.165) is 4.88 Å². The zero-order valence-corrected chi connectivity index (χ0v) is 15.3. The molecule has 0 unspecified atom stereocenters. The third-order valence-electron chi connectivity index (χ3n) is 4.44. The van der Waals surface area contributed by atoms with Crippen LogP contribution < -0.4 is 0 Å². The number of carbonyl (C=O) groups is 2. The van der Waals surface area contributed by atoms with Crippen LogP contribution in [0.2, 0.25) is 0 Å². The number of hydrogen-bond acceptors (Lipinski definition) is 7. The van der Waals surface area contributed by atoms with Crippen LogP contribution in [0.5, 0.6) is 0 Å². The molecule has 1 aromatic heterocycles. The fourth-order valence-electron chi connectivity index (χ4n) is 3.32. The van der Waals surface area contributed by atoms with E-state index in [-0.39, 0.29) is 30.2 Å². The standard InChI is InChI=1S/C16H18N2O5S2/c1-7-12-11(8(2)20)15(21)18(12)13(16(22)23)14(7)24-4-3-10-17-5-9(6-19)25-10/h3-5,7-8,11-12,19-20H,6H2,1-2H3,(H,22,23)/b4-3-/t7-,8-,11-,12+/m1/s1. The molecule has 0 spiro atoms. The summed E-state index contributed by atoms with van der Waals surface area (Å²) in [5, 5.41) is 30.8. The van der Waals surface area contributed by atoms with Gasteiger partial charge in [-0.15, -0.1) is 11.3 Å². The van der Waals surface area contributed by atoms with E-state index in [2.05, 4.69) is 4.98 Å². The molecule has 1 aromatic rings. The molecule has 3 heterocycles. The molecule has 1 saturated heterocycles. The second kappa shape index (κ2) is 6.91. The largest absolute Gasteiger partial charge is 0.477 e. The van der Waals surface area contributed by atoms with Crippen molar-refractivity contribution in [2.24, 2.45) is 11.8 Å². The SMILES string of the molecule is C[C@@H](O)[C@H]1C(=O)N2C(C(=O)O)=C(S/C=C\c3ncc(CO)s3)[C@H](C)[C@@H]12. The number of carbonyl (C=O) groups excluding carboxylic acids is 1. The summed E-state index contributed by atoms with van der Waals surface area (Å²) in [6, 6.07) is -0.310. The highest BCUT2D eigenvalue weighted by Gasteiger charge is 2.59. The molecular formula is C16H18N2O5S2. The number of aromatic nitrogens is 1. The molecular weight excluding hydrogens is 364 g/mol. The minimum Gasteiger partial charge on any atom is -0.477 e. The highest BCUT2D eigenvalue weighted by molar-refractivity contribution is 8.06. The van der Waals surface area contributed by atoms with Crippen LogP contribution >= 0.6 is 23.1 Å². The van der Waals surface area contributed by atoms with Gasteiger partial charge in [-0.25, -0.2) is 9.78 Å². The minimum absolute atomic E-state index is 0.00392. The van der Waals surface area contributed by atoms with Crippen molar-refractivity contribution in [2.45, 2.75) is 32.6 Å². The van der Waals surface area contributed by atoms with Crippen LogP contribution in [0.25, 0.3) is 6.08 Å². The molecule has 3 N–H and O–H groups in total. The molecule has 0 bridgehead atoms. The summed E-state index contributed by atoms with van der Waals surface area (Å²) in [5.41, 5.74) is 0.00392. The number of thiazole rings is 1. The van der Waals surface area contributed by atoms with Crippen LogP contribution in [-0.2, 0) is 16.2 Å².